The normalized spacial score (nSPS) is 12.6. The van der Waals surface area contributed by atoms with Gasteiger partial charge in [-0.05, 0) is 47.7 Å². The van der Waals surface area contributed by atoms with Gasteiger partial charge in [0, 0.05) is 17.4 Å². The lowest BCUT2D eigenvalue weighted by Gasteiger charge is -2.23. The average Bonchev–Trinajstić information content (AvgIpc) is 3.34. The van der Waals surface area contributed by atoms with Crippen LogP contribution in [-0.2, 0) is 11.3 Å². The third-order valence-electron chi connectivity index (χ3n) is 4.78. The Labute approximate surface area is 219 Å². The number of carbonyl (C=O) groups excluding carboxylic acids is 1. The maximum atomic E-state index is 14.0. The lowest BCUT2D eigenvalue weighted by Crippen LogP contribution is -2.50. The number of amides is 1. The molecule has 18 heteroatoms. The number of alkyl carbamates (subject to hydrolysis) is 1. The summed E-state index contributed by atoms with van der Waals surface area (Å²) >= 11 is 6.06. The molecule has 38 heavy (non-hydrogen) atoms. The second-order valence-electron chi connectivity index (χ2n) is 7.47. The van der Waals surface area contributed by atoms with Crippen LogP contribution < -0.4 is 15.4 Å². The van der Waals surface area contributed by atoms with E-state index in [1.165, 1.54) is 23.6 Å². The van der Waals surface area contributed by atoms with Crippen molar-refractivity contribution in [3.63, 3.8) is 0 Å². The molecule has 0 saturated heterocycles. The summed E-state index contributed by atoms with van der Waals surface area (Å²) in [6.45, 7) is 2.53. The Morgan fingerprint density at radius 2 is 1.89 bits per heavy atom. The van der Waals surface area contributed by atoms with Gasteiger partial charge in [-0.25, -0.2) is 19.3 Å². The molecule has 0 spiro atoms. The third kappa shape index (κ3) is 7.64. The number of nitrogens with one attached hydrogen (secondary N) is 2. The van der Waals surface area contributed by atoms with E-state index in [2.05, 4.69) is 20.0 Å². The average molecular weight is 585 g/mol. The van der Waals surface area contributed by atoms with Gasteiger partial charge in [0.2, 0.25) is 0 Å². The summed E-state index contributed by atoms with van der Waals surface area (Å²) < 4.78 is 74.9. The number of hydrogen-bond donors (Lipinski definition) is 2. The molecule has 0 saturated carbocycles. The molecule has 2 aromatic heterocycles. The van der Waals surface area contributed by atoms with Crippen LogP contribution in [0.2, 0.25) is 0 Å². The molecule has 0 radical (unpaired) electrons. The molecule has 11 nitrogen and oxygen atoms in total. The molecule has 1 aromatic carbocycles. The zero-order chi connectivity index (χ0) is 28.3. The summed E-state index contributed by atoms with van der Waals surface area (Å²) in [6.07, 6.45) is -7.31. The number of alkyl halides is 6. The molecule has 1 atom stereocenters. The Bertz CT molecular complexity index is 1290. The molecule has 0 aliphatic rings. The van der Waals surface area contributed by atoms with Gasteiger partial charge in [-0.3, -0.25) is 5.32 Å². The maximum absolute atomic E-state index is 14.0. The molecule has 0 aliphatic carbocycles. The van der Waals surface area contributed by atoms with Crippen LogP contribution in [0.1, 0.15) is 10.7 Å². The first-order valence-corrected chi connectivity index (χ1v) is 11.6. The van der Waals surface area contributed by atoms with E-state index in [4.69, 9.17) is 16.3 Å². The SMILES string of the molecule is Cc1sc(NC(NC(=O)OCCn2c([N+](=O)[O-])cnc2C)C(F)(F)Cl)nc1-c1ccc(OC(F)(F)F)cc1. The largest absolute Gasteiger partial charge is 0.573 e. The summed E-state index contributed by atoms with van der Waals surface area (Å²) in [7, 11) is 0. The number of nitrogens with zero attached hydrogens (tertiary/aromatic N) is 4. The van der Waals surface area contributed by atoms with Gasteiger partial charge in [0.1, 0.15) is 25.1 Å². The molecular formula is C20H18ClF5N6O5S. The summed E-state index contributed by atoms with van der Waals surface area (Å²) in [5.74, 6) is -0.504. The van der Waals surface area contributed by atoms with Crippen LogP contribution in [0.4, 0.5) is 37.7 Å². The highest BCUT2D eigenvalue weighted by molar-refractivity contribution is 7.16. The number of aryl methyl sites for hydroxylation is 2. The number of thiazole rings is 1. The zero-order valence-corrected chi connectivity index (χ0v) is 21.0. The van der Waals surface area contributed by atoms with Crippen molar-refractivity contribution in [1.82, 2.24) is 19.9 Å². The number of benzene rings is 1. The van der Waals surface area contributed by atoms with E-state index in [1.54, 1.807) is 6.92 Å². The molecule has 0 fully saturated rings. The van der Waals surface area contributed by atoms with E-state index < -0.39 is 41.3 Å². The standard InChI is InChI=1S/C20H18ClF5N6O5S/c1-10-15(12-3-5-13(6-4-12)37-20(24,25)26)28-17(38-10)29-16(19(21,22)23)30-18(33)36-8-7-31-11(2)27-9-14(31)32(34)35/h3-6,9,16H,7-8H2,1-2H3,(H,28,29)(H,30,33). The third-order valence-corrected chi connectivity index (χ3v) is 5.90. The van der Waals surface area contributed by atoms with Crippen molar-refractivity contribution in [1.29, 1.82) is 0 Å². The predicted octanol–water partition coefficient (Wildman–Crippen LogP) is 5.43. The fourth-order valence-corrected chi connectivity index (χ4v) is 4.10. The summed E-state index contributed by atoms with van der Waals surface area (Å²) in [6, 6.07) is 4.76. The Kier molecular flexibility index (Phi) is 8.61. The van der Waals surface area contributed by atoms with E-state index in [9.17, 15) is 36.9 Å². The topological polar surface area (TPSA) is 133 Å². The highest BCUT2D eigenvalue weighted by Gasteiger charge is 2.40. The first-order chi connectivity index (χ1) is 17.6. The smallest absolute Gasteiger partial charge is 0.445 e. The fraction of sp³-hybridized carbons (Fsp3) is 0.350. The van der Waals surface area contributed by atoms with E-state index in [0.29, 0.717) is 10.4 Å². The number of halogens is 6. The number of carbonyl (C=O) groups is 1. The van der Waals surface area contributed by atoms with Crippen molar-refractivity contribution in [3.8, 4) is 17.0 Å². The van der Waals surface area contributed by atoms with Gasteiger partial charge in [-0.15, -0.1) is 24.5 Å². The predicted molar refractivity (Wildman–Crippen MR) is 125 cm³/mol. The summed E-state index contributed by atoms with van der Waals surface area (Å²) in [5.41, 5.74) is 0.666. The molecule has 2 heterocycles. The van der Waals surface area contributed by atoms with Gasteiger partial charge in [-0.2, -0.15) is 8.78 Å². The fourth-order valence-electron chi connectivity index (χ4n) is 3.13. The number of nitro groups is 1. The number of aromatic nitrogens is 3. The molecule has 0 aliphatic heterocycles. The van der Waals surface area contributed by atoms with Crippen LogP contribution in [0.15, 0.2) is 30.5 Å². The van der Waals surface area contributed by atoms with Gasteiger partial charge in [0.25, 0.3) is 0 Å². The van der Waals surface area contributed by atoms with Crippen molar-refractivity contribution in [2.45, 2.75) is 38.3 Å². The van der Waals surface area contributed by atoms with Gasteiger partial charge >= 0.3 is 23.7 Å². The Balaban J connectivity index is 1.64. The number of anilines is 1. The lowest BCUT2D eigenvalue weighted by atomic mass is 10.1. The number of hydrogen-bond acceptors (Lipinski definition) is 9. The van der Waals surface area contributed by atoms with Crippen LogP contribution in [0, 0.1) is 24.0 Å². The number of ether oxygens (including phenoxy) is 2. The first-order valence-electron chi connectivity index (χ1n) is 10.4. The minimum atomic E-state index is -4.86. The van der Waals surface area contributed by atoms with Crippen molar-refractivity contribution in [3.05, 3.63) is 51.3 Å². The highest BCUT2D eigenvalue weighted by Crippen LogP contribution is 2.34. The number of imidazole rings is 1. The first kappa shape index (κ1) is 28.8. The van der Waals surface area contributed by atoms with E-state index in [0.717, 1.165) is 29.7 Å². The van der Waals surface area contributed by atoms with Crippen LogP contribution in [-0.4, -0.2) is 50.1 Å². The second kappa shape index (κ2) is 11.3. The van der Waals surface area contributed by atoms with Crippen LogP contribution >= 0.6 is 22.9 Å². The van der Waals surface area contributed by atoms with Crippen LogP contribution in [0.5, 0.6) is 5.75 Å². The molecule has 1 unspecified atom stereocenters. The lowest BCUT2D eigenvalue weighted by molar-refractivity contribution is -0.392. The molecule has 1 amide bonds. The second-order valence-corrected chi connectivity index (χ2v) is 9.17. The molecular weight excluding hydrogens is 567 g/mol. The van der Waals surface area contributed by atoms with Crippen LogP contribution in [0.25, 0.3) is 11.3 Å². The van der Waals surface area contributed by atoms with E-state index >= 15 is 0 Å². The van der Waals surface area contributed by atoms with Crippen molar-refractivity contribution < 1.29 is 41.1 Å². The van der Waals surface area contributed by atoms with Gasteiger partial charge in [0.15, 0.2) is 17.1 Å². The van der Waals surface area contributed by atoms with Crippen molar-refractivity contribution >= 4 is 40.0 Å². The molecule has 3 rings (SSSR count). The van der Waals surface area contributed by atoms with Crippen LogP contribution in [0.3, 0.4) is 0 Å². The minimum absolute atomic E-state index is 0.0802. The Morgan fingerprint density at radius 3 is 2.47 bits per heavy atom. The molecule has 3 aromatic rings. The highest BCUT2D eigenvalue weighted by atomic mass is 35.5. The number of rotatable bonds is 10. The van der Waals surface area contributed by atoms with E-state index in [1.807, 2.05) is 5.32 Å². The minimum Gasteiger partial charge on any atom is -0.445 e. The molecule has 2 N–H and O–H groups in total. The monoisotopic (exact) mass is 584 g/mol. The van der Waals surface area contributed by atoms with Gasteiger partial charge < -0.3 is 24.9 Å². The maximum Gasteiger partial charge on any atom is 0.573 e. The Morgan fingerprint density at radius 1 is 1.24 bits per heavy atom. The summed E-state index contributed by atoms with van der Waals surface area (Å²) in [4.78, 5) is 30.9. The van der Waals surface area contributed by atoms with E-state index in [-0.39, 0.29) is 29.0 Å². The Hall–Kier alpha value is -3.73. The van der Waals surface area contributed by atoms with Gasteiger partial charge in [-0.1, -0.05) is 0 Å². The summed E-state index contributed by atoms with van der Waals surface area (Å²) in [5, 5.41) is 11.1. The van der Waals surface area contributed by atoms with Crippen molar-refractivity contribution in [2.75, 3.05) is 11.9 Å². The van der Waals surface area contributed by atoms with Crippen molar-refractivity contribution in [2.24, 2.45) is 0 Å². The van der Waals surface area contributed by atoms with Gasteiger partial charge in [0.05, 0.1) is 5.69 Å². The zero-order valence-electron chi connectivity index (χ0n) is 19.4. The molecule has 206 valence electrons. The quantitative estimate of drug-likeness (QED) is 0.106. The molecule has 0 bridgehead atoms.